The molecule has 2 saturated heterocycles. The van der Waals surface area contributed by atoms with E-state index in [0.717, 1.165) is 44.6 Å². The van der Waals surface area contributed by atoms with E-state index in [2.05, 4.69) is 24.0 Å². The van der Waals surface area contributed by atoms with Crippen LogP contribution in [0.1, 0.15) is 49.3 Å². The quantitative estimate of drug-likeness (QED) is 0.903. The molecule has 4 heteroatoms. The van der Waals surface area contributed by atoms with E-state index in [9.17, 15) is 9.90 Å². The number of β-amino-alcohol motifs (C(OH)–C–C–N with tert-alkyl or cyclic N) is 1. The lowest BCUT2D eigenvalue weighted by Gasteiger charge is -2.33. The average Bonchev–Trinajstić information content (AvgIpc) is 3.12. The van der Waals surface area contributed by atoms with E-state index in [1.807, 2.05) is 17.0 Å². The number of hydrogen-bond donors (Lipinski definition) is 1. The Bertz CT molecular complexity index is 529. The van der Waals surface area contributed by atoms with Crippen LogP contribution in [0.15, 0.2) is 24.3 Å². The maximum atomic E-state index is 12.3. The Labute approximate surface area is 145 Å². The van der Waals surface area contributed by atoms with Crippen molar-refractivity contribution in [2.24, 2.45) is 5.92 Å². The average molecular weight is 330 g/mol. The number of aliphatic hydroxyl groups is 1. The van der Waals surface area contributed by atoms with Gasteiger partial charge in [-0.05, 0) is 57.2 Å². The summed E-state index contributed by atoms with van der Waals surface area (Å²) in [7, 11) is 0. The minimum atomic E-state index is -0.423. The van der Waals surface area contributed by atoms with Crippen molar-refractivity contribution in [1.82, 2.24) is 9.80 Å². The molecule has 1 aromatic rings. The standard InChI is InChI=1S/C20H30N2O2/c1-16-4-6-18(7-5-16)19(23)15-21-12-8-17(9-13-21)14-20(24)22-10-2-3-11-22/h4-7,17,19,23H,2-3,8-15H2,1H3. The molecule has 0 saturated carbocycles. The third-order valence-corrected chi connectivity index (χ3v) is 5.52. The number of benzene rings is 1. The fourth-order valence-electron chi connectivity index (χ4n) is 3.85. The van der Waals surface area contributed by atoms with Crippen LogP contribution in [0.5, 0.6) is 0 Å². The van der Waals surface area contributed by atoms with Gasteiger partial charge in [0.25, 0.3) is 0 Å². The summed E-state index contributed by atoms with van der Waals surface area (Å²) in [5.74, 6) is 0.872. The Morgan fingerprint density at radius 1 is 1.12 bits per heavy atom. The van der Waals surface area contributed by atoms with Gasteiger partial charge in [-0.15, -0.1) is 0 Å². The molecular weight excluding hydrogens is 300 g/mol. The highest BCUT2D eigenvalue weighted by Gasteiger charge is 2.26. The van der Waals surface area contributed by atoms with Gasteiger partial charge in [-0.25, -0.2) is 0 Å². The molecule has 2 heterocycles. The van der Waals surface area contributed by atoms with E-state index in [1.54, 1.807) is 0 Å². The second-order valence-electron chi connectivity index (χ2n) is 7.46. The summed E-state index contributed by atoms with van der Waals surface area (Å²) in [4.78, 5) is 16.6. The molecule has 2 aliphatic rings. The highest BCUT2D eigenvalue weighted by atomic mass is 16.3. The van der Waals surface area contributed by atoms with Gasteiger partial charge in [-0.3, -0.25) is 4.79 Å². The van der Waals surface area contributed by atoms with E-state index in [-0.39, 0.29) is 0 Å². The van der Waals surface area contributed by atoms with Crippen LogP contribution in [0.3, 0.4) is 0 Å². The zero-order valence-corrected chi connectivity index (χ0v) is 14.8. The number of carbonyl (C=O) groups is 1. The number of aliphatic hydroxyl groups excluding tert-OH is 1. The molecule has 2 fully saturated rings. The van der Waals surface area contributed by atoms with E-state index in [1.165, 1.54) is 18.4 Å². The molecular formula is C20H30N2O2. The van der Waals surface area contributed by atoms with Crippen LogP contribution in [0, 0.1) is 12.8 Å². The van der Waals surface area contributed by atoms with E-state index in [4.69, 9.17) is 0 Å². The smallest absolute Gasteiger partial charge is 0.222 e. The van der Waals surface area contributed by atoms with Gasteiger partial charge in [0.1, 0.15) is 0 Å². The summed E-state index contributed by atoms with van der Waals surface area (Å²) in [5, 5.41) is 10.4. The summed E-state index contributed by atoms with van der Waals surface area (Å²) in [6.07, 6.45) is 4.77. The number of rotatable bonds is 5. The Hall–Kier alpha value is -1.39. The van der Waals surface area contributed by atoms with Crippen LogP contribution in [0.4, 0.5) is 0 Å². The lowest BCUT2D eigenvalue weighted by molar-refractivity contribution is -0.131. The maximum Gasteiger partial charge on any atom is 0.222 e. The highest BCUT2D eigenvalue weighted by Crippen LogP contribution is 2.24. The van der Waals surface area contributed by atoms with Gasteiger partial charge in [-0.1, -0.05) is 29.8 Å². The van der Waals surface area contributed by atoms with Gasteiger partial charge < -0.3 is 14.9 Å². The monoisotopic (exact) mass is 330 g/mol. The second kappa shape index (κ2) is 8.13. The molecule has 0 bridgehead atoms. The molecule has 0 spiro atoms. The van der Waals surface area contributed by atoms with Crippen molar-refractivity contribution in [3.63, 3.8) is 0 Å². The molecule has 0 aromatic heterocycles. The number of aryl methyl sites for hydroxylation is 1. The lowest BCUT2D eigenvalue weighted by atomic mass is 9.92. The largest absolute Gasteiger partial charge is 0.387 e. The van der Waals surface area contributed by atoms with Crippen LogP contribution in [0.2, 0.25) is 0 Å². The molecule has 4 nitrogen and oxygen atoms in total. The first-order valence-electron chi connectivity index (χ1n) is 9.36. The van der Waals surface area contributed by atoms with E-state index >= 15 is 0 Å². The van der Waals surface area contributed by atoms with Crippen LogP contribution in [-0.4, -0.2) is 53.5 Å². The van der Waals surface area contributed by atoms with Gasteiger partial charge >= 0.3 is 0 Å². The zero-order chi connectivity index (χ0) is 16.9. The molecule has 1 atom stereocenters. The first kappa shape index (κ1) is 17.4. The second-order valence-corrected chi connectivity index (χ2v) is 7.46. The summed E-state index contributed by atoms with van der Waals surface area (Å²) >= 11 is 0. The minimum absolute atomic E-state index is 0.352. The number of piperidine rings is 1. The molecule has 3 rings (SSSR count). The van der Waals surface area contributed by atoms with Gasteiger partial charge in [0, 0.05) is 26.1 Å². The minimum Gasteiger partial charge on any atom is -0.387 e. The van der Waals surface area contributed by atoms with Crippen molar-refractivity contribution < 1.29 is 9.90 Å². The van der Waals surface area contributed by atoms with Crippen molar-refractivity contribution in [3.05, 3.63) is 35.4 Å². The molecule has 1 N–H and O–H groups in total. The van der Waals surface area contributed by atoms with Gasteiger partial charge in [0.05, 0.1) is 6.10 Å². The number of hydrogen-bond acceptors (Lipinski definition) is 3. The van der Waals surface area contributed by atoms with Crippen molar-refractivity contribution in [1.29, 1.82) is 0 Å². The molecule has 24 heavy (non-hydrogen) atoms. The topological polar surface area (TPSA) is 43.8 Å². The maximum absolute atomic E-state index is 12.3. The number of likely N-dealkylation sites (tertiary alicyclic amines) is 2. The fraction of sp³-hybridized carbons (Fsp3) is 0.650. The molecule has 0 aliphatic carbocycles. The third kappa shape index (κ3) is 4.58. The zero-order valence-electron chi connectivity index (χ0n) is 14.8. The van der Waals surface area contributed by atoms with Crippen molar-refractivity contribution >= 4 is 5.91 Å². The molecule has 2 aliphatic heterocycles. The van der Waals surface area contributed by atoms with Gasteiger partial charge in [0.2, 0.25) is 5.91 Å². The number of amides is 1. The van der Waals surface area contributed by atoms with Crippen LogP contribution < -0.4 is 0 Å². The summed E-state index contributed by atoms with van der Waals surface area (Å²) in [6.45, 7) is 6.64. The van der Waals surface area contributed by atoms with Crippen LogP contribution >= 0.6 is 0 Å². The van der Waals surface area contributed by atoms with E-state index < -0.39 is 6.10 Å². The number of nitrogens with zero attached hydrogens (tertiary/aromatic N) is 2. The van der Waals surface area contributed by atoms with Gasteiger partial charge in [-0.2, -0.15) is 0 Å². The lowest BCUT2D eigenvalue weighted by Crippen LogP contribution is -2.38. The Kier molecular flexibility index (Phi) is 5.90. The molecule has 1 amide bonds. The third-order valence-electron chi connectivity index (χ3n) is 5.52. The SMILES string of the molecule is Cc1ccc(C(O)CN2CCC(CC(=O)N3CCCC3)CC2)cc1. The molecule has 132 valence electrons. The highest BCUT2D eigenvalue weighted by molar-refractivity contribution is 5.76. The first-order valence-corrected chi connectivity index (χ1v) is 9.36. The number of carbonyl (C=O) groups excluding carboxylic acids is 1. The summed E-state index contributed by atoms with van der Waals surface area (Å²) < 4.78 is 0. The predicted molar refractivity (Wildman–Crippen MR) is 95.7 cm³/mol. The summed E-state index contributed by atoms with van der Waals surface area (Å²) in [5.41, 5.74) is 2.21. The first-order chi connectivity index (χ1) is 11.6. The van der Waals surface area contributed by atoms with Crippen molar-refractivity contribution in [2.75, 3.05) is 32.7 Å². The van der Waals surface area contributed by atoms with Crippen LogP contribution in [0.25, 0.3) is 0 Å². The van der Waals surface area contributed by atoms with Crippen LogP contribution in [-0.2, 0) is 4.79 Å². The van der Waals surface area contributed by atoms with Crippen molar-refractivity contribution in [3.8, 4) is 0 Å². The van der Waals surface area contributed by atoms with Crippen molar-refractivity contribution in [2.45, 2.75) is 45.1 Å². The van der Waals surface area contributed by atoms with Gasteiger partial charge in [0.15, 0.2) is 0 Å². The molecule has 0 radical (unpaired) electrons. The molecule has 1 aromatic carbocycles. The normalized spacial score (nSPS) is 21.2. The Morgan fingerprint density at radius 2 is 1.75 bits per heavy atom. The Morgan fingerprint density at radius 3 is 2.38 bits per heavy atom. The molecule has 1 unspecified atom stereocenters. The van der Waals surface area contributed by atoms with E-state index in [0.29, 0.717) is 24.8 Å². The predicted octanol–water partition coefficient (Wildman–Crippen LogP) is 2.75. The summed E-state index contributed by atoms with van der Waals surface area (Å²) in [6, 6.07) is 8.13. The Balaban J connectivity index is 1.41. The fourth-order valence-corrected chi connectivity index (χ4v) is 3.85.